The Balaban J connectivity index is 1.69. The van der Waals surface area contributed by atoms with E-state index >= 15 is 0 Å². The molecule has 2 atom stereocenters. The Kier molecular flexibility index (Phi) is 1.71. The molecule has 3 rings (SSSR count). The minimum atomic E-state index is 0.313. The number of hydrogen-bond donors (Lipinski definition) is 0. The summed E-state index contributed by atoms with van der Waals surface area (Å²) in [5, 5.41) is 0. The van der Waals surface area contributed by atoms with Crippen molar-refractivity contribution >= 4 is 5.91 Å². The molecule has 2 unspecified atom stereocenters. The van der Waals surface area contributed by atoms with Crippen LogP contribution in [0, 0.1) is 0 Å². The van der Waals surface area contributed by atoms with Crippen LogP contribution in [0.3, 0.4) is 0 Å². The number of nitrogens with zero attached hydrogens (tertiary/aromatic N) is 2. The minimum Gasteiger partial charge on any atom is -0.333 e. The molecule has 14 heavy (non-hydrogen) atoms. The van der Waals surface area contributed by atoms with Crippen molar-refractivity contribution < 1.29 is 4.79 Å². The highest BCUT2D eigenvalue weighted by molar-refractivity contribution is 5.95. The van der Waals surface area contributed by atoms with Crippen molar-refractivity contribution in [1.82, 2.24) is 9.80 Å². The fourth-order valence-electron chi connectivity index (χ4n) is 2.71. The molecule has 0 spiro atoms. The van der Waals surface area contributed by atoms with Crippen LogP contribution in [0.1, 0.15) is 19.3 Å². The fraction of sp³-hybridized carbons (Fsp3) is 0.727. The lowest BCUT2D eigenvalue weighted by atomic mass is 9.91. The smallest absolute Gasteiger partial charge is 0.249 e. The molecule has 1 aliphatic carbocycles. The molecule has 1 amide bonds. The summed E-state index contributed by atoms with van der Waals surface area (Å²) >= 11 is 0. The zero-order chi connectivity index (χ0) is 9.71. The number of hydrogen-bond acceptors (Lipinski definition) is 2. The first-order valence-electron chi connectivity index (χ1n) is 5.47. The summed E-state index contributed by atoms with van der Waals surface area (Å²) in [7, 11) is 2.16. The maximum absolute atomic E-state index is 11.9. The van der Waals surface area contributed by atoms with Crippen molar-refractivity contribution in [2.45, 2.75) is 31.3 Å². The van der Waals surface area contributed by atoms with E-state index in [1.807, 2.05) is 0 Å². The van der Waals surface area contributed by atoms with Gasteiger partial charge in [-0.25, -0.2) is 0 Å². The van der Waals surface area contributed by atoms with Crippen LogP contribution in [0.2, 0.25) is 0 Å². The number of allylic oxidation sites excluding steroid dienone is 1. The van der Waals surface area contributed by atoms with E-state index in [-0.39, 0.29) is 0 Å². The highest BCUT2D eigenvalue weighted by Gasteiger charge is 2.48. The first-order chi connectivity index (χ1) is 6.77. The number of fused-ring (bicyclic) bond motifs is 1. The molecule has 2 heterocycles. The zero-order valence-corrected chi connectivity index (χ0v) is 8.57. The SMILES string of the molecule is CN1CCC2C1CN2C(=O)C1=CCC1. The van der Waals surface area contributed by atoms with Crippen LogP contribution in [0.15, 0.2) is 11.6 Å². The van der Waals surface area contributed by atoms with Crippen molar-refractivity contribution in [2.24, 2.45) is 0 Å². The van der Waals surface area contributed by atoms with E-state index in [2.05, 4.69) is 22.9 Å². The molecule has 0 radical (unpaired) electrons. The van der Waals surface area contributed by atoms with Crippen LogP contribution in [0.5, 0.6) is 0 Å². The molecule has 3 nitrogen and oxygen atoms in total. The normalized spacial score (nSPS) is 35.8. The quantitative estimate of drug-likeness (QED) is 0.608. The molecule has 0 bridgehead atoms. The number of amides is 1. The van der Waals surface area contributed by atoms with Gasteiger partial charge in [-0.2, -0.15) is 0 Å². The Morgan fingerprint density at radius 3 is 2.86 bits per heavy atom. The minimum absolute atomic E-state index is 0.313. The van der Waals surface area contributed by atoms with Gasteiger partial charge in [0.25, 0.3) is 0 Å². The highest BCUT2D eigenvalue weighted by Crippen LogP contribution is 2.34. The van der Waals surface area contributed by atoms with Crippen LogP contribution in [-0.4, -0.2) is 47.9 Å². The Labute approximate surface area is 84.4 Å². The maximum atomic E-state index is 11.9. The topological polar surface area (TPSA) is 23.6 Å². The maximum Gasteiger partial charge on any atom is 0.249 e. The predicted octanol–water partition coefficient (Wildman–Crippen LogP) is 0.621. The second-order valence-corrected chi connectivity index (χ2v) is 4.63. The lowest BCUT2D eigenvalue weighted by molar-refractivity contribution is -0.137. The van der Waals surface area contributed by atoms with Gasteiger partial charge in [-0.1, -0.05) is 6.08 Å². The Hall–Kier alpha value is -0.830. The lowest BCUT2D eigenvalue weighted by Gasteiger charge is -2.47. The molecule has 0 saturated carbocycles. The molecule has 0 aromatic carbocycles. The van der Waals surface area contributed by atoms with Gasteiger partial charge in [0.2, 0.25) is 5.91 Å². The third kappa shape index (κ3) is 0.989. The Morgan fingerprint density at radius 1 is 1.50 bits per heavy atom. The average Bonchev–Trinajstić information content (AvgIpc) is 2.22. The van der Waals surface area contributed by atoms with Crippen molar-refractivity contribution in [2.75, 3.05) is 20.1 Å². The van der Waals surface area contributed by atoms with Gasteiger partial charge in [0.05, 0.1) is 6.04 Å². The number of likely N-dealkylation sites (N-methyl/N-ethyl adjacent to an activating group) is 1. The first kappa shape index (κ1) is 8.48. The molecular weight excluding hydrogens is 176 g/mol. The second-order valence-electron chi connectivity index (χ2n) is 4.63. The summed E-state index contributed by atoms with van der Waals surface area (Å²) in [6.45, 7) is 2.11. The number of carbonyl (C=O) groups is 1. The summed E-state index contributed by atoms with van der Waals surface area (Å²) in [5.41, 5.74) is 1.05. The molecule has 0 aromatic rings. The zero-order valence-electron chi connectivity index (χ0n) is 8.57. The van der Waals surface area contributed by atoms with Gasteiger partial charge in [-0.3, -0.25) is 9.69 Å². The second kappa shape index (κ2) is 2.83. The van der Waals surface area contributed by atoms with Crippen LogP contribution >= 0.6 is 0 Å². The predicted molar refractivity (Wildman–Crippen MR) is 53.9 cm³/mol. The lowest BCUT2D eigenvalue weighted by Crippen LogP contribution is -2.63. The van der Waals surface area contributed by atoms with E-state index in [0.29, 0.717) is 18.0 Å². The average molecular weight is 192 g/mol. The largest absolute Gasteiger partial charge is 0.333 e. The molecule has 0 aromatic heterocycles. The van der Waals surface area contributed by atoms with Crippen molar-refractivity contribution in [3.8, 4) is 0 Å². The number of likely N-dealkylation sites (tertiary alicyclic amines) is 2. The van der Waals surface area contributed by atoms with Gasteiger partial charge < -0.3 is 4.90 Å². The van der Waals surface area contributed by atoms with E-state index in [1.165, 1.54) is 6.42 Å². The summed E-state index contributed by atoms with van der Waals surface area (Å²) < 4.78 is 0. The van der Waals surface area contributed by atoms with E-state index in [1.54, 1.807) is 0 Å². The van der Waals surface area contributed by atoms with Gasteiger partial charge >= 0.3 is 0 Å². The Morgan fingerprint density at radius 2 is 2.29 bits per heavy atom. The summed E-state index contributed by atoms with van der Waals surface area (Å²) in [4.78, 5) is 16.3. The van der Waals surface area contributed by atoms with E-state index in [0.717, 1.165) is 31.5 Å². The van der Waals surface area contributed by atoms with Crippen molar-refractivity contribution in [3.63, 3.8) is 0 Å². The fourth-order valence-corrected chi connectivity index (χ4v) is 2.71. The van der Waals surface area contributed by atoms with Gasteiger partial charge in [0, 0.05) is 24.7 Å². The van der Waals surface area contributed by atoms with Crippen LogP contribution < -0.4 is 0 Å². The van der Waals surface area contributed by atoms with Crippen LogP contribution in [0.4, 0.5) is 0 Å². The van der Waals surface area contributed by atoms with Gasteiger partial charge in [0.1, 0.15) is 0 Å². The monoisotopic (exact) mass is 192 g/mol. The molecule has 3 heteroatoms. The number of rotatable bonds is 1. The van der Waals surface area contributed by atoms with E-state index in [4.69, 9.17) is 0 Å². The summed E-state index contributed by atoms with van der Waals surface area (Å²) in [6, 6.07) is 1.17. The van der Waals surface area contributed by atoms with Crippen LogP contribution in [0.25, 0.3) is 0 Å². The third-order valence-electron chi connectivity index (χ3n) is 3.91. The highest BCUT2D eigenvalue weighted by atomic mass is 16.2. The molecule has 3 aliphatic rings. The molecule has 76 valence electrons. The molecule has 2 fully saturated rings. The first-order valence-corrected chi connectivity index (χ1v) is 5.47. The summed E-state index contributed by atoms with van der Waals surface area (Å²) in [6.07, 6.45) is 5.35. The third-order valence-corrected chi connectivity index (χ3v) is 3.91. The van der Waals surface area contributed by atoms with Gasteiger partial charge in [0.15, 0.2) is 0 Å². The number of carbonyl (C=O) groups excluding carboxylic acids is 1. The van der Waals surface area contributed by atoms with E-state index < -0.39 is 0 Å². The van der Waals surface area contributed by atoms with E-state index in [9.17, 15) is 4.79 Å². The molecule has 2 saturated heterocycles. The standard InChI is InChI=1S/C11H16N2O/c1-12-6-5-9-10(12)7-13(9)11(14)8-3-2-4-8/h3,9-10H,2,4-7H2,1H3. The van der Waals surface area contributed by atoms with Crippen molar-refractivity contribution in [1.29, 1.82) is 0 Å². The molecular formula is C11H16N2O. The van der Waals surface area contributed by atoms with Crippen LogP contribution in [-0.2, 0) is 4.79 Å². The van der Waals surface area contributed by atoms with Crippen molar-refractivity contribution in [3.05, 3.63) is 11.6 Å². The molecule has 2 aliphatic heterocycles. The Bertz CT molecular complexity index is 310. The molecule has 0 N–H and O–H groups in total. The van der Waals surface area contributed by atoms with Gasteiger partial charge in [-0.15, -0.1) is 0 Å². The summed E-state index contributed by atoms with van der Waals surface area (Å²) in [5.74, 6) is 0.313. The van der Waals surface area contributed by atoms with Gasteiger partial charge in [-0.05, 0) is 26.3 Å².